The zero-order chi connectivity index (χ0) is 12.1. The van der Waals surface area contributed by atoms with Crippen molar-refractivity contribution in [1.82, 2.24) is 9.88 Å². The van der Waals surface area contributed by atoms with Crippen LogP contribution in [-0.4, -0.2) is 42.7 Å². The highest BCUT2D eigenvalue weighted by atomic mass is 16.5. The van der Waals surface area contributed by atoms with Gasteiger partial charge < -0.3 is 15.0 Å². The van der Waals surface area contributed by atoms with E-state index in [2.05, 4.69) is 22.1 Å². The minimum Gasteiger partial charge on any atom is -0.493 e. The zero-order valence-corrected chi connectivity index (χ0v) is 10.6. The van der Waals surface area contributed by atoms with Gasteiger partial charge in [0.1, 0.15) is 0 Å². The van der Waals surface area contributed by atoms with Crippen LogP contribution in [0.3, 0.4) is 0 Å². The molecule has 4 heteroatoms. The maximum atomic E-state index is 5.28. The topological polar surface area (TPSA) is 37.4 Å². The van der Waals surface area contributed by atoms with E-state index >= 15 is 0 Å². The van der Waals surface area contributed by atoms with Crippen LogP contribution in [0.25, 0.3) is 0 Å². The highest BCUT2D eigenvalue weighted by molar-refractivity contribution is 5.49. The first kappa shape index (κ1) is 12.2. The van der Waals surface area contributed by atoms with Crippen LogP contribution in [0.15, 0.2) is 18.3 Å². The van der Waals surface area contributed by atoms with Crippen LogP contribution >= 0.6 is 0 Å². The largest absolute Gasteiger partial charge is 0.493 e. The summed E-state index contributed by atoms with van der Waals surface area (Å²) in [4.78, 5) is 6.80. The average molecular weight is 235 g/mol. The van der Waals surface area contributed by atoms with Crippen molar-refractivity contribution in [2.24, 2.45) is 0 Å². The van der Waals surface area contributed by atoms with Gasteiger partial charge in [-0.05, 0) is 45.0 Å². The maximum absolute atomic E-state index is 5.28. The molecule has 1 atom stereocenters. The van der Waals surface area contributed by atoms with Crippen molar-refractivity contribution in [3.8, 4) is 5.75 Å². The predicted molar refractivity (Wildman–Crippen MR) is 69.5 cm³/mol. The molecule has 1 aromatic rings. The van der Waals surface area contributed by atoms with Gasteiger partial charge in [0.05, 0.1) is 7.11 Å². The van der Waals surface area contributed by atoms with Gasteiger partial charge in [0, 0.05) is 18.8 Å². The highest BCUT2D eigenvalue weighted by Gasteiger charge is 2.15. The normalized spacial score (nSPS) is 18.0. The van der Waals surface area contributed by atoms with E-state index in [1.165, 1.54) is 25.9 Å². The van der Waals surface area contributed by atoms with Crippen LogP contribution < -0.4 is 10.1 Å². The van der Waals surface area contributed by atoms with Crippen LogP contribution in [0.2, 0.25) is 0 Å². The Bertz CT molecular complexity index is 350. The van der Waals surface area contributed by atoms with E-state index in [1.54, 1.807) is 13.3 Å². The Hall–Kier alpha value is -1.29. The minimum atomic E-state index is 0.386. The van der Waals surface area contributed by atoms with Crippen molar-refractivity contribution < 1.29 is 4.74 Å². The Morgan fingerprint density at radius 3 is 2.94 bits per heavy atom. The Kier molecular flexibility index (Phi) is 4.20. The molecule has 0 saturated carbocycles. The third-order valence-corrected chi connectivity index (χ3v) is 3.10. The average Bonchev–Trinajstić information content (AvgIpc) is 2.82. The lowest BCUT2D eigenvalue weighted by molar-refractivity contribution is 0.327. The molecule has 2 heterocycles. The number of methoxy groups -OCH3 is 1. The van der Waals surface area contributed by atoms with E-state index in [-0.39, 0.29) is 0 Å². The Labute approximate surface area is 103 Å². The van der Waals surface area contributed by atoms with Crippen molar-refractivity contribution in [3.63, 3.8) is 0 Å². The second kappa shape index (κ2) is 5.87. The second-order valence-corrected chi connectivity index (χ2v) is 4.61. The third kappa shape index (κ3) is 3.33. The van der Waals surface area contributed by atoms with Crippen molar-refractivity contribution >= 4 is 5.82 Å². The van der Waals surface area contributed by atoms with Gasteiger partial charge >= 0.3 is 0 Å². The van der Waals surface area contributed by atoms with E-state index < -0.39 is 0 Å². The van der Waals surface area contributed by atoms with E-state index in [4.69, 9.17) is 4.74 Å². The minimum absolute atomic E-state index is 0.386. The number of aromatic nitrogens is 1. The number of pyridine rings is 1. The summed E-state index contributed by atoms with van der Waals surface area (Å²) in [6, 6.07) is 4.20. The molecule has 0 amide bonds. The van der Waals surface area contributed by atoms with Gasteiger partial charge in [-0.3, -0.25) is 0 Å². The van der Waals surface area contributed by atoms with Crippen LogP contribution in [-0.2, 0) is 0 Å². The van der Waals surface area contributed by atoms with Gasteiger partial charge in [0.15, 0.2) is 11.6 Å². The molecule has 1 unspecified atom stereocenters. The number of hydrogen-bond donors (Lipinski definition) is 1. The van der Waals surface area contributed by atoms with Gasteiger partial charge in [-0.25, -0.2) is 4.98 Å². The lowest BCUT2D eigenvalue weighted by Crippen LogP contribution is -2.33. The van der Waals surface area contributed by atoms with Gasteiger partial charge in [-0.15, -0.1) is 0 Å². The smallest absolute Gasteiger partial charge is 0.168 e. The van der Waals surface area contributed by atoms with Gasteiger partial charge in [0.2, 0.25) is 0 Å². The molecule has 1 saturated heterocycles. The Morgan fingerprint density at radius 2 is 2.24 bits per heavy atom. The van der Waals surface area contributed by atoms with E-state index in [0.717, 1.165) is 18.1 Å². The van der Waals surface area contributed by atoms with Crippen molar-refractivity contribution in [2.45, 2.75) is 25.8 Å². The number of anilines is 1. The van der Waals surface area contributed by atoms with Gasteiger partial charge in [-0.2, -0.15) is 0 Å². The Balaban J connectivity index is 1.90. The van der Waals surface area contributed by atoms with Crippen LogP contribution in [0.4, 0.5) is 5.82 Å². The summed E-state index contributed by atoms with van der Waals surface area (Å²) in [5, 5.41) is 3.41. The summed E-state index contributed by atoms with van der Waals surface area (Å²) in [7, 11) is 1.67. The molecule has 0 aromatic carbocycles. The van der Waals surface area contributed by atoms with E-state index in [1.807, 2.05) is 12.1 Å². The van der Waals surface area contributed by atoms with E-state index in [0.29, 0.717) is 6.04 Å². The first-order valence-corrected chi connectivity index (χ1v) is 6.27. The van der Waals surface area contributed by atoms with Crippen molar-refractivity contribution in [2.75, 3.05) is 32.1 Å². The lowest BCUT2D eigenvalue weighted by Gasteiger charge is -2.22. The fourth-order valence-corrected chi connectivity index (χ4v) is 2.30. The lowest BCUT2D eigenvalue weighted by atomic mass is 10.3. The first-order chi connectivity index (χ1) is 8.29. The third-order valence-electron chi connectivity index (χ3n) is 3.10. The molecule has 0 radical (unpaired) electrons. The highest BCUT2D eigenvalue weighted by Crippen LogP contribution is 2.21. The molecular formula is C13H21N3O. The summed E-state index contributed by atoms with van der Waals surface area (Å²) < 4.78 is 5.28. The molecular weight excluding hydrogens is 214 g/mol. The molecule has 0 spiro atoms. The first-order valence-electron chi connectivity index (χ1n) is 6.27. The summed E-state index contributed by atoms with van der Waals surface area (Å²) in [6.45, 7) is 5.71. The molecule has 2 rings (SSSR count). The fourth-order valence-electron chi connectivity index (χ4n) is 2.30. The molecule has 4 nitrogen and oxygen atoms in total. The molecule has 1 fully saturated rings. The number of rotatable bonds is 5. The monoisotopic (exact) mass is 235 g/mol. The quantitative estimate of drug-likeness (QED) is 0.847. The predicted octanol–water partition coefficient (Wildman–Crippen LogP) is 1.99. The van der Waals surface area contributed by atoms with Crippen LogP contribution in [0.1, 0.15) is 19.8 Å². The standard InChI is InChI=1S/C13H21N3O/c1-11(10-16-8-3-4-9-16)15-13-12(17-2)6-5-7-14-13/h5-7,11H,3-4,8-10H2,1-2H3,(H,14,15). The number of likely N-dealkylation sites (tertiary alicyclic amines) is 1. The number of hydrogen-bond acceptors (Lipinski definition) is 4. The van der Waals surface area contributed by atoms with Crippen LogP contribution in [0, 0.1) is 0 Å². The molecule has 1 aliphatic heterocycles. The molecule has 0 aliphatic carbocycles. The zero-order valence-electron chi connectivity index (χ0n) is 10.6. The molecule has 1 aliphatic rings. The molecule has 17 heavy (non-hydrogen) atoms. The van der Waals surface area contributed by atoms with Crippen LogP contribution in [0.5, 0.6) is 5.75 Å². The maximum Gasteiger partial charge on any atom is 0.168 e. The fraction of sp³-hybridized carbons (Fsp3) is 0.615. The molecule has 1 aromatic heterocycles. The summed E-state index contributed by atoms with van der Waals surface area (Å²) in [5.74, 6) is 1.64. The van der Waals surface area contributed by atoms with Crippen molar-refractivity contribution in [1.29, 1.82) is 0 Å². The van der Waals surface area contributed by atoms with Gasteiger partial charge in [-0.1, -0.05) is 0 Å². The SMILES string of the molecule is COc1cccnc1NC(C)CN1CCCC1. The number of nitrogens with zero attached hydrogens (tertiary/aromatic N) is 2. The van der Waals surface area contributed by atoms with Crippen molar-refractivity contribution in [3.05, 3.63) is 18.3 Å². The number of nitrogens with one attached hydrogen (secondary N) is 1. The summed E-state index contributed by atoms with van der Waals surface area (Å²) in [6.07, 6.45) is 4.45. The molecule has 0 bridgehead atoms. The molecule has 1 N–H and O–H groups in total. The van der Waals surface area contributed by atoms with E-state index in [9.17, 15) is 0 Å². The second-order valence-electron chi connectivity index (χ2n) is 4.61. The number of ether oxygens (including phenoxy) is 1. The summed E-state index contributed by atoms with van der Waals surface area (Å²) in [5.41, 5.74) is 0. The van der Waals surface area contributed by atoms with Gasteiger partial charge in [0.25, 0.3) is 0 Å². The Morgan fingerprint density at radius 1 is 1.47 bits per heavy atom. The molecule has 94 valence electrons. The summed E-state index contributed by atoms with van der Waals surface area (Å²) >= 11 is 0.